The van der Waals surface area contributed by atoms with Gasteiger partial charge in [0.1, 0.15) is 12.7 Å². The summed E-state index contributed by atoms with van der Waals surface area (Å²) in [4.78, 5) is 38.3. The number of rotatable bonds is 9. The van der Waals surface area contributed by atoms with Gasteiger partial charge in [-0.25, -0.2) is 0 Å². The van der Waals surface area contributed by atoms with Crippen LogP contribution in [0.1, 0.15) is 19.3 Å². The fourth-order valence-electron chi connectivity index (χ4n) is 0.901. The Balaban J connectivity index is 3.94. The lowest BCUT2D eigenvalue weighted by molar-refractivity contribution is -0.790. The van der Waals surface area contributed by atoms with Gasteiger partial charge in [0, 0.05) is 6.42 Å². The Bertz CT molecular complexity index is 272. The van der Waals surface area contributed by atoms with Crippen LogP contribution in [-0.4, -0.2) is 28.1 Å². The van der Waals surface area contributed by atoms with Crippen molar-refractivity contribution in [2.75, 3.05) is 6.61 Å². The lowest BCUT2D eigenvalue weighted by atomic mass is 10.2. The molecule has 0 N–H and O–H groups in total. The first-order valence-corrected chi connectivity index (χ1v) is 4.56. The Morgan fingerprint density at radius 3 is 2.38 bits per heavy atom. The zero-order valence-corrected chi connectivity index (χ0v) is 8.79. The molecule has 1 unspecified atom stereocenters. The SMILES string of the molecule is O=C(Cl)CCCC(CO[N+](=O)[O-])O[N+](=O)[O-]. The fourth-order valence-corrected chi connectivity index (χ4v) is 1.03. The van der Waals surface area contributed by atoms with Crippen molar-refractivity contribution in [1.29, 1.82) is 0 Å². The molecule has 0 aliphatic heterocycles. The third kappa shape index (κ3) is 8.94. The molecule has 0 aromatic heterocycles. The van der Waals surface area contributed by atoms with Gasteiger partial charge in [-0.05, 0) is 24.4 Å². The average molecular weight is 257 g/mol. The second-order valence-corrected chi connectivity index (χ2v) is 3.14. The van der Waals surface area contributed by atoms with Crippen LogP contribution >= 0.6 is 11.6 Å². The van der Waals surface area contributed by atoms with Crippen molar-refractivity contribution >= 4 is 16.8 Å². The molecular formula is C6H9ClN2O7. The summed E-state index contributed by atoms with van der Waals surface area (Å²) in [6.45, 7) is -0.565. The summed E-state index contributed by atoms with van der Waals surface area (Å²) in [5.74, 6) is 0. The first-order valence-electron chi connectivity index (χ1n) is 4.18. The van der Waals surface area contributed by atoms with Crippen molar-refractivity contribution in [3.63, 3.8) is 0 Å². The first-order chi connectivity index (χ1) is 7.41. The van der Waals surface area contributed by atoms with E-state index in [-0.39, 0.29) is 19.3 Å². The van der Waals surface area contributed by atoms with Gasteiger partial charge in [0.2, 0.25) is 5.24 Å². The zero-order chi connectivity index (χ0) is 12.6. The standard InChI is InChI=1S/C6H9ClN2O7/c7-6(10)3-1-2-5(16-9(13)14)4-15-8(11)12/h5H,1-4H2. The van der Waals surface area contributed by atoms with E-state index in [0.29, 0.717) is 0 Å². The van der Waals surface area contributed by atoms with Crippen LogP contribution in [0.5, 0.6) is 0 Å². The molecule has 0 saturated carbocycles. The first kappa shape index (κ1) is 14.4. The molecule has 0 radical (unpaired) electrons. The van der Waals surface area contributed by atoms with E-state index in [9.17, 15) is 25.0 Å². The van der Waals surface area contributed by atoms with Crippen LogP contribution in [0.4, 0.5) is 0 Å². The van der Waals surface area contributed by atoms with E-state index in [4.69, 9.17) is 11.6 Å². The van der Waals surface area contributed by atoms with Gasteiger partial charge in [-0.2, -0.15) is 0 Å². The molecule has 0 aliphatic rings. The van der Waals surface area contributed by atoms with Gasteiger partial charge in [0.15, 0.2) is 0 Å². The summed E-state index contributed by atoms with van der Waals surface area (Å²) < 4.78 is 0. The lowest BCUT2D eigenvalue weighted by Crippen LogP contribution is -2.24. The molecule has 0 fully saturated rings. The molecule has 0 rings (SSSR count). The van der Waals surface area contributed by atoms with Gasteiger partial charge in [-0.1, -0.05) is 0 Å². The quantitative estimate of drug-likeness (QED) is 0.338. The van der Waals surface area contributed by atoms with E-state index in [1.54, 1.807) is 0 Å². The highest BCUT2D eigenvalue weighted by molar-refractivity contribution is 6.63. The molecule has 9 nitrogen and oxygen atoms in total. The van der Waals surface area contributed by atoms with Crippen molar-refractivity contribution in [1.82, 2.24) is 0 Å². The highest BCUT2D eigenvalue weighted by atomic mass is 35.5. The van der Waals surface area contributed by atoms with Crippen molar-refractivity contribution < 1.29 is 24.6 Å². The minimum atomic E-state index is -1.09. The van der Waals surface area contributed by atoms with Gasteiger partial charge in [-0.3, -0.25) is 4.79 Å². The van der Waals surface area contributed by atoms with E-state index < -0.39 is 28.1 Å². The molecular weight excluding hydrogens is 248 g/mol. The number of nitrogens with zero attached hydrogens (tertiary/aromatic N) is 2. The summed E-state index contributed by atoms with van der Waals surface area (Å²) in [7, 11) is 0. The Kier molecular flexibility index (Phi) is 6.84. The summed E-state index contributed by atoms with van der Waals surface area (Å²) in [5.41, 5.74) is 0. The molecule has 0 heterocycles. The predicted octanol–water partition coefficient (Wildman–Crippen LogP) is 0.707. The van der Waals surface area contributed by atoms with E-state index >= 15 is 0 Å². The second-order valence-electron chi connectivity index (χ2n) is 2.72. The molecule has 0 spiro atoms. The van der Waals surface area contributed by atoms with Crippen molar-refractivity contribution in [3.8, 4) is 0 Å². The Morgan fingerprint density at radius 1 is 1.31 bits per heavy atom. The molecule has 0 bridgehead atoms. The van der Waals surface area contributed by atoms with E-state index in [1.807, 2.05) is 0 Å². The highest BCUT2D eigenvalue weighted by Crippen LogP contribution is 2.07. The highest BCUT2D eigenvalue weighted by Gasteiger charge is 2.15. The summed E-state index contributed by atoms with van der Waals surface area (Å²) in [6.07, 6.45) is -0.788. The zero-order valence-electron chi connectivity index (χ0n) is 8.04. The van der Waals surface area contributed by atoms with E-state index in [2.05, 4.69) is 9.68 Å². The van der Waals surface area contributed by atoms with Crippen LogP contribution in [0, 0.1) is 20.2 Å². The monoisotopic (exact) mass is 256 g/mol. The van der Waals surface area contributed by atoms with Gasteiger partial charge < -0.3 is 9.68 Å². The topological polar surface area (TPSA) is 122 Å². The normalized spacial score (nSPS) is 11.6. The molecule has 10 heteroatoms. The van der Waals surface area contributed by atoms with Gasteiger partial charge in [0.25, 0.3) is 10.2 Å². The van der Waals surface area contributed by atoms with E-state index in [0.717, 1.165) is 0 Å². The third-order valence-corrected chi connectivity index (χ3v) is 1.69. The average Bonchev–Trinajstić information content (AvgIpc) is 2.12. The Morgan fingerprint density at radius 2 is 1.94 bits per heavy atom. The molecule has 0 saturated heterocycles. The summed E-state index contributed by atoms with van der Waals surface area (Å²) in [6, 6.07) is 0. The van der Waals surface area contributed by atoms with Crippen LogP contribution in [0.15, 0.2) is 0 Å². The van der Waals surface area contributed by atoms with Gasteiger partial charge >= 0.3 is 0 Å². The largest absolute Gasteiger partial charge is 0.312 e. The third-order valence-electron chi connectivity index (χ3n) is 1.50. The number of carbonyl (C=O) groups excluding carboxylic acids is 1. The summed E-state index contributed by atoms with van der Waals surface area (Å²) >= 11 is 5.04. The molecule has 0 amide bonds. The maximum absolute atomic E-state index is 10.4. The number of hydrogen-bond acceptors (Lipinski definition) is 7. The van der Waals surface area contributed by atoms with Crippen LogP contribution in [0.2, 0.25) is 0 Å². The fraction of sp³-hybridized carbons (Fsp3) is 0.833. The molecule has 92 valence electrons. The van der Waals surface area contributed by atoms with Crippen LogP contribution in [0.25, 0.3) is 0 Å². The molecule has 16 heavy (non-hydrogen) atoms. The lowest BCUT2D eigenvalue weighted by Gasteiger charge is -2.12. The van der Waals surface area contributed by atoms with Gasteiger partial charge in [0.05, 0.1) is 0 Å². The summed E-state index contributed by atoms with van der Waals surface area (Å²) in [5, 5.41) is 17.1. The predicted molar refractivity (Wildman–Crippen MR) is 49.5 cm³/mol. The van der Waals surface area contributed by atoms with Gasteiger partial charge in [-0.15, -0.1) is 20.2 Å². The molecule has 0 aromatic rings. The van der Waals surface area contributed by atoms with E-state index in [1.165, 1.54) is 0 Å². The number of carbonyl (C=O) groups is 1. The van der Waals surface area contributed by atoms with Crippen LogP contribution < -0.4 is 0 Å². The maximum Gasteiger partial charge on any atom is 0.294 e. The minimum Gasteiger partial charge on any atom is -0.312 e. The number of halogens is 1. The molecule has 1 atom stereocenters. The minimum absolute atomic E-state index is 0.0115. The van der Waals surface area contributed by atoms with Crippen LogP contribution in [-0.2, 0) is 14.5 Å². The van der Waals surface area contributed by atoms with Crippen molar-refractivity contribution in [2.45, 2.75) is 25.4 Å². The molecule has 0 aliphatic carbocycles. The Labute approximate surface area is 94.5 Å². The maximum atomic E-state index is 10.4. The number of hydrogen-bond donors (Lipinski definition) is 0. The molecule has 0 aromatic carbocycles. The Hall–Kier alpha value is -1.64. The van der Waals surface area contributed by atoms with Crippen LogP contribution in [0.3, 0.4) is 0 Å². The second kappa shape index (κ2) is 7.63. The van der Waals surface area contributed by atoms with Crippen molar-refractivity contribution in [2.24, 2.45) is 0 Å². The smallest absolute Gasteiger partial charge is 0.294 e. The van der Waals surface area contributed by atoms with Crippen molar-refractivity contribution in [3.05, 3.63) is 20.2 Å².